The summed E-state index contributed by atoms with van der Waals surface area (Å²) in [5.74, 6) is 3.58. The predicted octanol–water partition coefficient (Wildman–Crippen LogP) is 1.96. The van der Waals surface area contributed by atoms with Gasteiger partial charge in [-0.3, -0.25) is 5.10 Å². The third-order valence-corrected chi connectivity index (χ3v) is 3.88. The van der Waals surface area contributed by atoms with Crippen LogP contribution in [0.15, 0.2) is 6.07 Å². The van der Waals surface area contributed by atoms with Crippen LogP contribution in [-0.2, 0) is 11.2 Å². The number of hydrogen-bond donors (Lipinski definition) is 2. The van der Waals surface area contributed by atoms with Crippen molar-refractivity contribution in [3.05, 3.63) is 29.2 Å². The SMILES string of the molecule is CCc1cc(NC[C@@H]2CCO[C@@H]2c2n[nH]c(C)n2)nc(C)n1. The van der Waals surface area contributed by atoms with E-state index in [0.717, 1.165) is 55.0 Å². The van der Waals surface area contributed by atoms with Crippen LogP contribution in [0.1, 0.15) is 42.6 Å². The van der Waals surface area contributed by atoms with E-state index in [4.69, 9.17) is 4.74 Å². The largest absolute Gasteiger partial charge is 0.370 e. The number of rotatable bonds is 5. The third-order valence-electron chi connectivity index (χ3n) is 3.88. The second-order valence-electron chi connectivity index (χ2n) is 5.65. The Hall–Kier alpha value is -2.02. The quantitative estimate of drug-likeness (QED) is 0.877. The fraction of sp³-hybridized carbons (Fsp3) is 0.600. The average Bonchev–Trinajstić information content (AvgIpc) is 3.12. The highest BCUT2D eigenvalue weighted by molar-refractivity contribution is 5.36. The monoisotopic (exact) mass is 302 g/mol. The third kappa shape index (κ3) is 3.24. The van der Waals surface area contributed by atoms with E-state index < -0.39 is 0 Å². The zero-order valence-corrected chi connectivity index (χ0v) is 13.3. The van der Waals surface area contributed by atoms with Gasteiger partial charge in [-0.2, -0.15) is 5.10 Å². The van der Waals surface area contributed by atoms with Gasteiger partial charge in [0.1, 0.15) is 23.6 Å². The summed E-state index contributed by atoms with van der Waals surface area (Å²) < 4.78 is 5.80. The van der Waals surface area contributed by atoms with Crippen LogP contribution < -0.4 is 5.32 Å². The van der Waals surface area contributed by atoms with Crippen molar-refractivity contribution in [2.75, 3.05) is 18.5 Å². The average molecular weight is 302 g/mol. The maximum absolute atomic E-state index is 5.80. The molecule has 0 amide bonds. The van der Waals surface area contributed by atoms with Crippen molar-refractivity contribution in [1.82, 2.24) is 25.1 Å². The van der Waals surface area contributed by atoms with Crippen molar-refractivity contribution < 1.29 is 4.74 Å². The van der Waals surface area contributed by atoms with E-state index in [2.05, 4.69) is 37.4 Å². The highest BCUT2D eigenvalue weighted by Gasteiger charge is 2.32. The van der Waals surface area contributed by atoms with Crippen LogP contribution in [-0.4, -0.2) is 38.3 Å². The normalized spacial score (nSPS) is 21.2. The molecule has 22 heavy (non-hydrogen) atoms. The van der Waals surface area contributed by atoms with Crippen LogP contribution in [0.4, 0.5) is 5.82 Å². The van der Waals surface area contributed by atoms with Gasteiger partial charge in [-0.1, -0.05) is 6.92 Å². The maximum Gasteiger partial charge on any atom is 0.179 e. The lowest BCUT2D eigenvalue weighted by atomic mass is 10.0. The molecule has 1 saturated heterocycles. The first-order valence-electron chi connectivity index (χ1n) is 7.74. The molecule has 0 aromatic carbocycles. The maximum atomic E-state index is 5.80. The van der Waals surface area contributed by atoms with Gasteiger partial charge >= 0.3 is 0 Å². The molecule has 118 valence electrons. The smallest absolute Gasteiger partial charge is 0.179 e. The van der Waals surface area contributed by atoms with Crippen molar-refractivity contribution >= 4 is 5.82 Å². The molecule has 1 aliphatic heterocycles. The van der Waals surface area contributed by atoms with Crippen LogP contribution in [0.2, 0.25) is 0 Å². The minimum Gasteiger partial charge on any atom is -0.370 e. The molecule has 0 spiro atoms. The van der Waals surface area contributed by atoms with Crippen LogP contribution in [0.25, 0.3) is 0 Å². The van der Waals surface area contributed by atoms with Gasteiger partial charge in [0.2, 0.25) is 0 Å². The highest BCUT2D eigenvalue weighted by atomic mass is 16.5. The Labute approximate surface area is 129 Å². The number of hydrogen-bond acceptors (Lipinski definition) is 6. The van der Waals surface area contributed by atoms with Crippen LogP contribution in [0.5, 0.6) is 0 Å². The van der Waals surface area contributed by atoms with E-state index in [0.29, 0.717) is 5.92 Å². The Morgan fingerprint density at radius 3 is 2.91 bits per heavy atom. The molecule has 3 heterocycles. The number of anilines is 1. The number of ether oxygens (including phenoxy) is 1. The van der Waals surface area contributed by atoms with E-state index in [9.17, 15) is 0 Å². The minimum absolute atomic E-state index is 0.0500. The standard InChI is InChI=1S/C15H22N6O/c1-4-12-7-13(18-9(2)17-12)16-8-11-5-6-22-14(11)15-19-10(3)20-21-15/h7,11,14H,4-6,8H2,1-3H3,(H,16,17,18)(H,19,20,21)/t11-,14-/m0/s1. The summed E-state index contributed by atoms with van der Waals surface area (Å²) in [7, 11) is 0. The lowest BCUT2D eigenvalue weighted by molar-refractivity contribution is 0.0863. The second kappa shape index (κ2) is 6.39. The first kappa shape index (κ1) is 14.9. The number of nitrogens with one attached hydrogen (secondary N) is 2. The number of aromatic amines is 1. The fourth-order valence-corrected chi connectivity index (χ4v) is 2.75. The zero-order chi connectivity index (χ0) is 15.5. The van der Waals surface area contributed by atoms with E-state index in [-0.39, 0.29) is 6.10 Å². The molecule has 1 fully saturated rings. The summed E-state index contributed by atoms with van der Waals surface area (Å²) in [4.78, 5) is 13.2. The zero-order valence-electron chi connectivity index (χ0n) is 13.3. The summed E-state index contributed by atoms with van der Waals surface area (Å²) in [6.45, 7) is 7.44. The van der Waals surface area contributed by atoms with E-state index in [1.807, 2.05) is 19.9 Å². The van der Waals surface area contributed by atoms with Crippen LogP contribution in [0.3, 0.4) is 0 Å². The number of nitrogens with zero attached hydrogens (tertiary/aromatic N) is 4. The number of aryl methyl sites for hydroxylation is 3. The molecule has 2 N–H and O–H groups in total. The van der Waals surface area contributed by atoms with Gasteiger partial charge in [0.05, 0.1) is 0 Å². The number of aromatic nitrogens is 5. The van der Waals surface area contributed by atoms with Crippen molar-refractivity contribution in [1.29, 1.82) is 0 Å². The van der Waals surface area contributed by atoms with Crippen molar-refractivity contribution in [2.45, 2.75) is 39.7 Å². The molecular formula is C15H22N6O. The Bertz CT molecular complexity index is 641. The topological polar surface area (TPSA) is 88.6 Å². The summed E-state index contributed by atoms with van der Waals surface area (Å²) in [5.41, 5.74) is 1.05. The molecule has 0 unspecified atom stereocenters. The minimum atomic E-state index is -0.0500. The molecule has 0 saturated carbocycles. The van der Waals surface area contributed by atoms with Crippen LogP contribution >= 0.6 is 0 Å². The van der Waals surface area contributed by atoms with Gasteiger partial charge in [0.15, 0.2) is 5.82 Å². The summed E-state index contributed by atoms with van der Waals surface area (Å²) >= 11 is 0. The number of H-pyrrole nitrogens is 1. The van der Waals surface area contributed by atoms with Crippen molar-refractivity contribution in [2.24, 2.45) is 5.92 Å². The molecule has 7 nitrogen and oxygen atoms in total. The van der Waals surface area contributed by atoms with Crippen LogP contribution in [0, 0.1) is 19.8 Å². The van der Waals surface area contributed by atoms with Gasteiger partial charge in [0.25, 0.3) is 0 Å². The van der Waals surface area contributed by atoms with Crippen molar-refractivity contribution in [3.8, 4) is 0 Å². The molecular weight excluding hydrogens is 280 g/mol. The molecule has 0 bridgehead atoms. The molecule has 2 aromatic rings. The molecule has 2 aromatic heterocycles. The second-order valence-corrected chi connectivity index (χ2v) is 5.65. The van der Waals surface area contributed by atoms with Gasteiger partial charge in [0, 0.05) is 30.8 Å². The van der Waals surface area contributed by atoms with E-state index in [1.54, 1.807) is 0 Å². The Morgan fingerprint density at radius 2 is 2.18 bits per heavy atom. The molecule has 7 heteroatoms. The lowest BCUT2D eigenvalue weighted by Gasteiger charge is -2.17. The summed E-state index contributed by atoms with van der Waals surface area (Å²) in [6.07, 6.45) is 1.85. The predicted molar refractivity (Wildman–Crippen MR) is 82.6 cm³/mol. The summed E-state index contributed by atoms with van der Waals surface area (Å²) in [5, 5.41) is 10.5. The molecule has 1 aliphatic rings. The van der Waals surface area contributed by atoms with Gasteiger partial charge in [-0.05, 0) is 26.7 Å². The van der Waals surface area contributed by atoms with E-state index >= 15 is 0 Å². The Kier molecular flexibility index (Phi) is 4.33. The molecule has 0 aliphatic carbocycles. The van der Waals surface area contributed by atoms with Crippen molar-refractivity contribution in [3.63, 3.8) is 0 Å². The summed E-state index contributed by atoms with van der Waals surface area (Å²) in [6, 6.07) is 2.01. The first-order chi connectivity index (χ1) is 10.7. The Balaban J connectivity index is 1.66. The first-order valence-corrected chi connectivity index (χ1v) is 7.74. The molecule has 2 atom stereocenters. The van der Waals surface area contributed by atoms with E-state index in [1.165, 1.54) is 0 Å². The molecule has 3 rings (SSSR count). The fourth-order valence-electron chi connectivity index (χ4n) is 2.75. The van der Waals surface area contributed by atoms with Gasteiger partial charge in [-0.15, -0.1) is 0 Å². The lowest BCUT2D eigenvalue weighted by Crippen LogP contribution is -2.19. The van der Waals surface area contributed by atoms with Gasteiger partial charge < -0.3 is 10.1 Å². The highest BCUT2D eigenvalue weighted by Crippen LogP contribution is 2.32. The van der Waals surface area contributed by atoms with Gasteiger partial charge in [-0.25, -0.2) is 15.0 Å². The Morgan fingerprint density at radius 1 is 1.32 bits per heavy atom. The molecule has 0 radical (unpaired) electrons.